The number of phenols is 1. The van der Waals surface area contributed by atoms with Crippen molar-refractivity contribution in [3.8, 4) is 11.5 Å². The van der Waals surface area contributed by atoms with Crippen molar-refractivity contribution in [1.29, 1.82) is 0 Å². The molecule has 1 heterocycles. The van der Waals surface area contributed by atoms with E-state index in [0.29, 0.717) is 28.6 Å². The van der Waals surface area contributed by atoms with Crippen LogP contribution in [0.5, 0.6) is 11.5 Å². The lowest BCUT2D eigenvalue weighted by Gasteiger charge is -2.13. The number of hydrogen-bond donors (Lipinski definition) is 2. The molecule has 25 heavy (non-hydrogen) atoms. The van der Waals surface area contributed by atoms with Gasteiger partial charge in [-0.25, -0.2) is 0 Å². The summed E-state index contributed by atoms with van der Waals surface area (Å²) < 4.78 is 5.36. The first-order chi connectivity index (χ1) is 12.0. The van der Waals surface area contributed by atoms with Crippen molar-refractivity contribution in [1.82, 2.24) is 5.32 Å². The van der Waals surface area contributed by atoms with Crippen LogP contribution in [-0.4, -0.2) is 22.7 Å². The van der Waals surface area contributed by atoms with Gasteiger partial charge in [-0.05, 0) is 55.5 Å². The Kier molecular flexibility index (Phi) is 4.92. The number of amides is 1. The third-order valence-corrected chi connectivity index (χ3v) is 4.13. The van der Waals surface area contributed by atoms with Crippen LogP contribution in [0, 0.1) is 0 Å². The fourth-order valence-electron chi connectivity index (χ4n) is 2.44. The zero-order chi connectivity index (χ0) is 18.0. The Hall–Kier alpha value is -2.57. The number of carbonyl (C=O) groups is 1. The van der Waals surface area contributed by atoms with Gasteiger partial charge in [0.2, 0.25) is 0 Å². The van der Waals surface area contributed by atoms with Gasteiger partial charge >= 0.3 is 0 Å². The molecule has 128 valence electrons. The van der Waals surface area contributed by atoms with Crippen molar-refractivity contribution < 1.29 is 14.6 Å². The lowest BCUT2D eigenvalue weighted by atomic mass is 10.1. The third kappa shape index (κ3) is 3.45. The van der Waals surface area contributed by atoms with E-state index in [9.17, 15) is 9.90 Å². The number of thiocarbonyl (C=S) groups is 1. The molecule has 0 aromatic heterocycles. The number of benzene rings is 2. The van der Waals surface area contributed by atoms with Crippen LogP contribution in [0.3, 0.4) is 0 Å². The van der Waals surface area contributed by atoms with Gasteiger partial charge in [0.05, 0.1) is 12.3 Å². The molecule has 0 radical (unpaired) electrons. The van der Waals surface area contributed by atoms with Crippen molar-refractivity contribution in [2.75, 3.05) is 11.5 Å². The van der Waals surface area contributed by atoms with E-state index in [4.69, 9.17) is 28.6 Å². The third-order valence-electron chi connectivity index (χ3n) is 3.59. The quantitative estimate of drug-likeness (QED) is 0.631. The number of rotatable bonds is 4. The Labute approximate surface area is 155 Å². The summed E-state index contributed by atoms with van der Waals surface area (Å²) in [7, 11) is 0. The number of nitrogens with zero attached hydrogens (tertiary/aromatic N) is 1. The highest BCUT2D eigenvalue weighted by Gasteiger charge is 2.32. The molecule has 0 spiro atoms. The fourth-order valence-corrected chi connectivity index (χ4v) is 2.87. The van der Waals surface area contributed by atoms with Gasteiger partial charge in [0.25, 0.3) is 5.91 Å². The number of carbonyl (C=O) groups excluding carboxylic acids is 1. The van der Waals surface area contributed by atoms with Gasteiger partial charge in [0.1, 0.15) is 5.70 Å². The predicted molar refractivity (Wildman–Crippen MR) is 102 cm³/mol. The molecule has 1 saturated heterocycles. The number of aromatic hydroxyl groups is 1. The number of halogens is 1. The SMILES string of the molecule is CCOc1cccc(/C=C2/NC(=S)N(c3ccc(Cl)cc3)C2=O)c1O. The highest BCUT2D eigenvalue weighted by atomic mass is 35.5. The van der Waals surface area contributed by atoms with E-state index < -0.39 is 0 Å². The second-order valence-corrected chi connectivity index (χ2v) is 6.06. The molecule has 0 atom stereocenters. The summed E-state index contributed by atoms with van der Waals surface area (Å²) >= 11 is 11.1. The second kappa shape index (κ2) is 7.13. The Bertz CT molecular complexity index is 865. The maximum Gasteiger partial charge on any atom is 0.281 e. The van der Waals surface area contributed by atoms with E-state index >= 15 is 0 Å². The van der Waals surface area contributed by atoms with Crippen molar-refractivity contribution in [3.05, 3.63) is 58.7 Å². The summed E-state index contributed by atoms with van der Waals surface area (Å²) in [5, 5.41) is 14.0. The summed E-state index contributed by atoms with van der Waals surface area (Å²) in [5.74, 6) is 0.0234. The van der Waals surface area contributed by atoms with Gasteiger partial charge in [-0.1, -0.05) is 23.7 Å². The lowest BCUT2D eigenvalue weighted by molar-refractivity contribution is -0.113. The molecule has 2 aromatic carbocycles. The Morgan fingerprint density at radius 2 is 2.00 bits per heavy atom. The molecule has 1 fully saturated rings. The van der Waals surface area contributed by atoms with E-state index in [1.165, 1.54) is 4.90 Å². The monoisotopic (exact) mass is 374 g/mol. The van der Waals surface area contributed by atoms with E-state index in [0.717, 1.165) is 0 Å². The topological polar surface area (TPSA) is 61.8 Å². The standard InChI is InChI=1S/C18H15ClN2O3S/c1-2-24-15-5-3-4-11(16(15)22)10-14-17(23)21(18(25)20-14)13-8-6-12(19)7-9-13/h3-10,22H,2H2,1H3,(H,20,25)/b14-10+. The first-order valence-corrected chi connectivity index (χ1v) is 8.37. The molecule has 0 unspecified atom stereocenters. The normalized spacial score (nSPS) is 15.6. The maximum atomic E-state index is 12.7. The zero-order valence-electron chi connectivity index (χ0n) is 13.3. The van der Waals surface area contributed by atoms with Crippen LogP contribution in [-0.2, 0) is 4.79 Å². The molecule has 2 aromatic rings. The van der Waals surface area contributed by atoms with E-state index in [1.54, 1.807) is 48.5 Å². The van der Waals surface area contributed by atoms with E-state index in [-0.39, 0.29) is 22.5 Å². The van der Waals surface area contributed by atoms with Crippen LogP contribution in [0.25, 0.3) is 6.08 Å². The fraction of sp³-hybridized carbons (Fsp3) is 0.111. The average molecular weight is 375 g/mol. The van der Waals surface area contributed by atoms with Gasteiger partial charge in [0.15, 0.2) is 16.6 Å². The summed E-state index contributed by atoms with van der Waals surface area (Å²) in [4.78, 5) is 14.1. The molecule has 1 amide bonds. The summed E-state index contributed by atoms with van der Waals surface area (Å²) in [6, 6.07) is 11.9. The molecule has 0 saturated carbocycles. The summed E-state index contributed by atoms with van der Waals surface area (Å²) in [6.45, 7) is 2.26. The molecule has 2 N–H and O–H groups in total. The van der Waals surface area contributed by atoms with Gasteiger partial charge in [0, 0.05) is 10.6 Å². The number of para-hydroxylation sites is 1. The first kappa shape index (κ1) is 17.3. The molecular formula is C18H15ClN2O3S. The number of anilines is 1. The summed E-state index contributed by atoms with van der Waals surface area (Å²) in [6.07, 6.45) is 1.54. The van der Waals surface area contributed by atoms with Crippen molar-refractivity contribution in [2.24, 2.45) is 0 Å². The van der Waals surface area contributed by atoms with Crippen LogP contribution < -0.4 is 15.0 Å². The van der Waals surface area contributed by atoms with Gasteiger partial charge < -0.3 is 15.2 Å². The minimum absolute atomic E-state index is 0.0256. The molecule has 5 nitrogen and oxygen atoms in total. The first-order valence-electron chi connectivity index (χ1n) is 7.58. The molecule has 1 aliphatic rings. The second-order valence-electron chi connectivity index (χ2n) is 5.23. The van der Waals surface area contributed by atoms with Crippen molar-refractivity contribution in [3.63, 3.8) is 0 Å². The smallest absolute Gasteiger partial charge is 0.281 e. The van der Waals surface area contributed by atoms with Crippen LogP contribution in [0.1, 0.15) is 12.5 Å². The molecule has 3 rings (SSSR count). The Balaban J connectivity index is 1.93. The van der Waals surface area contributed by atoms with E-state index in [2.05, 4.69) is 5.32 Å². The zero-order valence-corrected chi connectivity index (χ0v) is 14.9. The Morgan fingerprint density at radius 3 is 2.68 bits per heavy atom. The number of hydrogen-bond acceptors (Lipinski definition) is 4. The highest BCUT2D eigenvalue weighted by molar-refractivity contribution is 7.80. The van der Waals surface area contributed by atoms with Gasteiger partial charge in [-0.15, -0.1) is 0 Å². The number of ether oxygens (including phenoxy) is 1. The lowest BCUT2D eigenvalue weighted by Crippen LogP contribution is -2.30. The minimum atomic E-state index is -0.312. The van der Waals surface area contributed by atoms with Crippen molar-refractivity contribution >= 4 is 46.6 Å². The van der Waals surface area contributed by atoms with Gasteiger partial charge in [-0.3, -0.25) is 9.69 Å². The largest absolute Gasteiger partial charge is 0.504 e. The molecule has 7 heteroatoms. The van der Waals surface area contributed by atoms with Gasteiger partial charge in [-0.2, -0.15) is 0 Å². The molecule has 0 aliphatic carbocycles. The maximum absolute atomic E-state index is 12.7. The highest BCUT2D eigenvalue weighted by Crippen LogP contribution is 2.32. The average Bonchev–Trinajstić information content (AvgIpc) is 2.86. The van der Waals surface area contributed by atoms with Crippen LogP contribution in [0.15, 0.2) is 48.2 Å². The van der Waals surface area contributed by atoms with Crippen molar-refractivity contribution in [2.45, 2.75) is 6.92 Å². The van der Waals surface area contributed by atoms with Crippen LogP contribution in [0.4, 0.5) is 5.69 Å². The summed E-state index contributed by atoms with van der Waals surface area (Å²) in [5.41, 5.74) is 1.34. The molecule has 0 bridgehead atoms. The number of phenolic OH excluding ortho intramolecular Hbond substituents is 1. The molecule has 1 aliphatic heterocycles. The number of nitrogens with one attached hydrogen (secondary N) is 1. The Morgan fingerprint density at radius 1 is 1.28 bits per heavy atom. The predicted octanol–water partition coefficient (Wildman–Crippen LogP) is 3.71. The van der Waals surface area contributed by atoms with E-state index in [1.807, 2.05) is 6.92 Å². The van der Waals surface area contributed by atoms with Crippen LogP contribution >= 0.6 is 23.8 Å². The minimum Gasteiger partial charge on any atom is -0.504 e. The molecular weight excluding hydrogens is 360 g/mol. The van der Waals surface area contributed by atoms with Crippen LogP contribution in [0.2, 0.25) is 5.02 Å².